The predicted molar refractivity (Wildman–Crippen MR) is 117 cm³/mol. The van der Waals surface area contributed by atoms with Gasteiger partial charge in [-0.15, -0.1) is 0 Å². The van der Waals surface area contributed by atoms with E-state index >= 15 is 0 Å². The number of hydrogen-bond acceptors (Lipinski definition) is 4. The highest BCUT2D eigenvalue weighted by Gasteiger charge is 2.49. The lowest BCUT2D eigenvalue weighted by atomic mass is 9.71. The van der Waals surface area contributed by atoms with Crippen LogP contribution in [0.2, 0.25) is 5.02 Å². The monoisotopic (exact) mass is 479 g/mol. The third-order valence-corrected chi connectivity index (χ3v) is 6.79. The Labute approximate surface area is 194 Å². The molecular formula is C22H24ClF2N5O3. The van der Waals surface area contributed by atoms with Gasteiger partial charge in [0.2, 0.25) is 5.91 Å². The molecule has 2 heterocycles. The fraction of sp³-hybridized carbons (Fsp3) is 0.455. The van der Waals surface area contributed by atoms with Gasteiger partial charge in [0.25, 0.3) is 11.8 Å². The first kappa shape index (κ1) is 23.2. The van der Waals surface area contributed by atoms with Gasteiger partial charge in [0.1, 0.15) is 5.69 Å². The average molecular weight is 480 g/mol. The van der Waals surface area contributed by atoms with Gasteiger partial charge in [-0.05, 0) is 45.1 Å². The molecular weight excluding hydrogens is 456 g/mol. The lowest BCUT2D eigenvalue weighted by molar-refractivity contribution is -0.127. The van der Waals surface area contributed by atoms with E-state index in [1.54, 1.807) is 6.92 Å². The predicted octanol–water partition coefficient (Wildman–Crippen LogP) is 3.19. The fourth-order valence-corrected chi connectivity index (χ4v) is 4.94. The summed E-state index contributed by atoms with van der Waals surface area (Å²) in [6, 6.07) is 1.67. The van der Waals surface area contributed by atoms with E-state index in [0.717, 1.165) is 12.1 Å². The van der Waals surface area contributed by atoms with Crippen molar-refractivity contribution in [3.8, 4) is 0 Å². The minimum Gasteiger partial charge on any atom is -0.351 e. The molecule has 0 atom stereocenters. The number of carbonyl (C=O) groups excluding carboxylic acids is 3. The van der Waals surface area contributed by atoms with E-state index in [4.69, 9.17) is 11.6 Å². The van der Waals surface area contributed by atoms with Crippen molar-refractivity contribution < 1.29 is 23.2 Å². The minimum atomic E-state index is -1.06. The number of anilines is 1. The summed E-state index contributed by atoms with van der Waals surface area (Å²) in [7, 11) is 0. The van der Waals surface area contributed by atoms with Gasteiger partial charge in [-0.25, -0.2) is 13.8 Å². The van der Waals surface area contributed by atoms with Gasteiger partial charge in [-0.1, -0.05) is 11.6 Å². The number of rotatable bonds is 5. The molecule has 0 radical (unpaired) electrons. The van der Waals surface area contributed by atoms with Crippen molar-refractivity contribution in [3.63, 3.8) is 0 Å². The molecule has 0 bridgehead atoms. The molecule has 1 aromatic carbocycles. The van der Waals surface area contributed by atoms with Crippen LogP contribution in [0.25, 0.3) is 0 Å². The molecule has 3 amide bonds. The number of hydrogen-bond donors (Lipinski definition) is 3. The van der Waals surface area contributed by atoms with Crippen molar-refractivity contribution in [1.29, 1.82) is 0 Å². The Morgan fingerprint density at radius 2 is 1.91 bits per heavy atom. The highest BCUT2D eigenvalue weighted by Crippen LogP contribution is 2.47. The number of amides is 3. The molecule has 3 N–H and O–H groups in total. The summed E-state index contributed by atoms with van der Waals surface area (Å²) in [6.07, 6.45) is 4.10. The van der Waals surface area contributed by atoms with Gasteiger partial charge in [0, 0.05) is 25.2 Å². The second-order valence-corrected chi connectivity index (χ2v) is 8.85. The molecule has 0 unspecified atom stereocenters. The van der Waals surface area contributed by atoms with Crippen molar-refractivity contribution in [1.82, 2.24) is 20.6 Å². The van der Waals surface area contributed by atoms with Crippen molar-refractivity contribution in [2.24, 2.45) is 5.41 Å². The minimum absolute atomic E-state index is 0.0114. The third-order valence-electron chi connectivity index (χ3n) is 6.49. The molecule has 33 heavy (non-hydrogen) atoms. The zero-order valence-electron chi connectivity index (χ0n) is 18.0. The average Bonchev–Trinajstić information content (AvgIpc) is 3.39. The molecule has 2 aromatic rings. The van der Waals surface area contributed by atoms with E-state index < -0.39 is 28.9 Å². The summed E-state index contributed by atoms with van der Waals surface area (Å²) in [5, 5.41) is 5.52. The van der Waals surface area contributed by atoms with Crippen LogP contribution in [-0.2, 0) is 4.79 Å². The second-order valence-electron chi connectivity index (χ2n) is 8.44. The Balaban J connectivity index is 1.40. The summed E-state index contributed by atoms with van der Waals surface area (Å²) >= 11 is 6.07. The molecule has 1 saturated heterocycles. The van der Waals surface area contributed by atoms with Crippen LogP contribution < -0.4 is 15.5 Å². The number of aromatic amines is 1. The van der Waals surface area contributed by atoms with E-state index in [-0.39, 0.29) is 34.0 Å². The Hall–Kier alpha value is -3.01. The molecule has 1 aromatic heterocycles. The van der Waals surface area contributed by atoms with Crippen LogP contribution in [0.15, 0.2) is 18.5 Å². The van der Waals surface area contributed by atoms with Crippen molar-refractivity contribution in [3.05, 3.63) is 46.5 Å². The van der Waals surface area contributed by atoms with E-state index in [2.05, 4.69) is 20.6 Å². The second kappa shape index (κ2) is 9.09. The highest BCUT2D eigenvalue weighted by molar-refractivity contribution is 6.34. The Morgan fingerprint density at radius 1 is 1.21 bits per heavy atom. The maximum absolute atomic E-state index is 13.7. The number of nitrogens with one attached hydrogen (secondary N) is 3. The zero-order chi connectivity index (χ0) is 23.8. The van der Waals surface area contributed by atoms with E-state index in [9.17, 15) is 23.2 Å². The van der Waals surface area contributed by atoms with Crippen LogP contribution in [0.1, 0.15) is 60.0 Å². The van der Waals surface area contributed by atoms with Gasteiger partial charge in [-0.2, -0.15) is 0 Å². The lowest BCUT2D eigenvalue weighted by Crippen LogP contribution is -2.44. The summed E-state index contributed by atoms with van der Waals surface area (Å²) in [4.78, 5) is 46.1. The quantitative estimate of drug-likeness (QED) is 0.572. The molecule has 11 heteroatoms. The number of imidazole rings is 1. The van der Waals surface area contributed by atoms with Gasteiger partial charge >= 0.3 is 0 Å². The molecule has 1 saturated carbocycles. The third kappa shape index (κ3) is 4.31. The molecule has 2 fully saturated rings. The fourth-order valence-electron chi connectivity index (χ4n) is 4.69. The van der Waals surface area contributed by atoms with Crippen molar-refractivity contribution in [2.75, 3.05) is 18.0 Å². The first-order valence-electron chi connectivity index (χ1n) is 10.8. The van der Waals surface area contributed by atoms with Crippen LogP contribution in [0.4, 0.5) is 14.5 Å². The van der Waals surface area contributed by atoms with Crippen LogP contribution in [0.5, 0.6) is 0 Å². The maximum atomic E-state index is 13.7. The Bertz CT molecular complexity index is 1100. The van der Waals surface area contributed by atoms with Gasteiger partial charge < -0.3 is 20.5 Å². The van der Waals surface area contributed by atoms with Crippen LogP contribution in [0, 0.1) is 17.0 Å². The molecule has 2 aliphatic rings. The summed E-state index contributed by atoms with van der Waals surface area (Å²) in [5.74, 6) is -3.14. The molecule has 176 valence electrons. The topological polar surface area (TPSA) is 107 Å². The molecule has 1 aliphatic carbocycles. The SMILES string of the molecule is CCNC(=O)c1nc[nH]c1C(=O)N[C@H]1CC[C@@]2(CCN(c3cc(F)c(F)cc3Cl)C2=O)CC1. The lowest BCUT2D eigenvalue weighted by Gasteiger charge is -2.36. The van der Waals surface area contributed by atoms with Gasteiger partial charge in [-0.3, -0.25) is 14.4 Å². The zero-order valence-corrected chi connectivity index (χ0v) is 18.8. The number of carbonyl (C=O) groups is 3. The van der Waals surface area contributed by atoms with Crippen LogP contribution in [-0.4, -0.2) is 46.8 Å². The molecule has 8 nitrogen and oxygen atoms in total. The number of H-pyrrole nitrogens is 1. The molecule has 1 spiro atoms. The molecule has 1 aliphatic heterocycles. The van der Waals surface area contributed by atoms with Crippen LogP contribution in [0.3, 0.4) is 0 Å². The number of halogens is 3. The van der Waals surface area contributed by atoms with Gasteiger partial charge in [0.05, 0.1) is 22.5 Å². The van der Waals surface area contributed by atoms with E-state index in [1.807, 2.05) is 0 Å². The number of aromatic nitrogens is 2. The summed E-state index contributed by atoms with van der Waals surface area (Å²) in [5.41, 5.74) is -0.316. The maximum Gasteiger partial charge on any atom is 0.272 e. The van der Waals surface area contributed by atoms with E-state index in [0.29, 0.717) is 45.2 Å². The number of benzene rings is 1. The standard InChI is InChI=1S/C22H24ClF2N5O3/c1-2-26-19(31)17-18(28-11-27-17)20(32)29-12-3-5-22(6-4-12)7-8-30(21(22)33)16-10-15(25)14(24)9-13(16)23/h9-12H,2-8H2,1H3,(H,26,31)(H,27,28)(H,29,32)/t12-,22-. The molecule has 4 rings (SSSR count). The van der Waals surface area contributed by atoms with Gasteiger partial charge in [0.15, 0.2) is 17.3 Å². The first-order valence-corrected chi connectivity index (χ1v) is 11.2. The van der Waals surface area contributed by atoms with Crippen molar-refractivity contribution >= 4 is 35.0 Å². The van der Waals surface area contributed by atoms with E-state index in [1.165, 1.54) is 11.2 Å². The summed E-state index contributed by atoms with van der Waals surface area (Å²) in [6.45, 7) is 2.55. The van der Waals surface area contributed by atoms with Crippen LogP contribution >= 0.6 is 11.6 Å². The Kier molecular flexibility index (Phi) is 6.38. The Morgan fingerprint density at radius 3 is 2.61 bits per heavy atom. The largest absolute Gasteiger partial charge is 0.351 e. The first-order chi connectivity index (χ1) is 15.8. The summed E-state index contributed by atoms with van der Waals surface area (Å²) < 4.78 is 27.2. The number of nitrogens with zero attached hydrogens (tertiary/aromatic N) is 2. The smallest absolute Gasteiger partial charge is 0.272 e. The normalized spacial score (nSPS) is 22.6. The highest BCUT2D eigenvalue weighted by atomic mass is 35.5. The van der Waals surface area contributed by atoms with Crippen molar-refractivity contribution in [2.45, 2.75) is 45.1 Å².